The van der Waals surface area contributed by atoms with Crippen LogP contribution in [0, 0.1) is 0 Å². The molecule has 0 unspecified atom stereocenters. The molecule has 1 rings (SSSR count). The molecule has 0 aromatic heterocycles. The Bertz CT molecular complexity index is 239. The topological polar surface area (TPSA) is 85.7 Å². The minimum atomic E-state index is -0.467. The van der Waals surface area contributed by atoms with E-state index in [2.05, 4.69) is 0 Å². The minimum Gasteiger partial charge on any atom is -0.393 e. The van der Waals surface area contributed by atoms with Crippen molar-refractivity contribution in [2.24, 2.45) is 11.5 Å². The van der Waals surface area contributed by atoms with Crippen LogP contribution in [0.15, 0.2) is 23.2 Å². The lowest BCUT2D eigenvalue weighted by Gasteiger charge is -1.92. The number of nitrogens with two attached hydrogens (primary N) is 3. The lowest BCUT2D eigenvalue weighted by atomic mass is 10.2. The molecule has 0 atom stereocenters. The van der Waals surface area contributed by atoms with Crippen molar-refractivity contribution in [2.45, 2.75) is 6.92 Å². The zero-order valence-corrected chi connectivity index (χ0v) is 5.72. The van der Waals surface area contributed by atoms with Crippen LogP contribution in [-0.4, -0.2) is 5.91 Å². The number of rotatable bonds is 1. The maximum Gasteiger partial charge on any atom is 0.305 e. The van der Waals surface area contributed by atoms with Crippen molar-refractivity contribution in [3.8, 4) is 0 Å². The molecule has 1 amide bonds. The number of hydrogen-bond donors (Lipinski definition) is 3. The second-order valence-corrected chi connectivity index (χ2v) is 2.21. The molecule has 0 saturated heterocycles. The van der Waals surface area contributed by atoms with E-state index in [1.165, 1.54) is 0 Å². The quantitative estimate of drug-likeness (QED) is 0.398. The van der Waals surface area contributed by atoms with Gasteiger partial charge in [0.15, 0.2) is 0 Å². The fourth-order valence-corrected chi connectivity index (χ4v) is 0.815. The molecule has 0 radical (unpaired) electrons. The van der Waals surface area contributed by atoms with Crippen LogP contribution in [0.4, 0.5) is 0 Å². The van der Waals surface area contributed by atoms with E-state index in [1.807, 2.05) is 6.92 Å². The highest BCUT2D eigenvalue weighted by Gasteiger charge is 2.20. The van der Waals surface area contributed by atoms with Crippen molar-refractivity contribution in [2.75, 3.05) is 0 Å². The summed E-state index contributed by atoms with van der Waals surface area (Å²) in [6.45, 7) is 1.84. The Morgan fingerprint density at radius 1 is 1.70 bits per heavy atom. The van der Waals surface area contributed by atoms with Crippen molar-refractivity contribution < 1.29 is 10.1 Å². The highest BCUT2D eigenvalue weighted by molar-refractivity contribution is 5.91. The van der Waals surface area contributed by atoms with Gasteiger partial charge in [-0.25, -0.2) is 0 Å². The number of primary amides is 1. The third kappa shape index (κ3) is 0.886. The molecule has 1 aliphatic heterocycles. The summed E-state index contributed by atoms with van der Waals surface area (Å²) in [6.07, 6.45) is 1.77. The van der Waals surface area contributed by atoms with Crippen LogP contribution in [-0.2, 0) is 4.79 Å². The van der Waals surface area contributed by atoms with Gasteiger partial charge >= 0.3 is 5.91 Å². The van der Waals surface area contributed by atoms with Gasteiger partial charge in [0.25, 0.3) is 0 Å². The second kappa shape index (κ2) is 2.15. The standard InChI is InChI=1S/C6H9N3O/c1-3-2-9-5(4(3)7)6(8)10/h2,9H,7H2,1H3,(H2,8,10)/p+1. The second-order valence-electron chi connectivity index (χ2n) is 2.21. The van der Waals surface area contributed by atoms with Crippen molar-refractivity contribution in [1.82, 2.24) is 0 Å². The van der Waals surface area contributed by atoms with E-state index in [0.29, 0.717) is 11.4 Å². The van der Waals surface area contributed by atoms with Gasteiger partial charge in [-0.2, -0.15) is 0 Å². The maximum atomic E-state index is 10.6. The van der Waals surface area contributed by atoms with Crippen molar-refractivity contribution >= 4 is 5.91 Å². The lowest BCUT2D eigenvalue weighted by molar-refractivity contribution is -0.525. The van der Waals surface area contributed by atoms with E-state index in [0.717, 1.165) is 5.57 Å². The summed E-state index contributed by atoms with van der Waals surface area (Å²) in [4.78, 5) is 10.6. The molecule has 0 aliphatic carbocycles. The molecule has 54 valence electrons. The number of quaternary nitrogens is 1. The molecule has 0 aromatic carbocycles. The van der Waals surface area contributed by atoms with Crippen LogP contribution in [0.5, 0.6) is 0 Å². The summed E-state index contributed by atoms with van der Waals surface area (Å²) in [5.41, 5.74) is 12.3. The van der Waals surface area contributed by atoms with Gasteiger partial charge in [-0.1, -0.05) is 0 Å². The Morgan fingerprint density at radius 3 is 2.50 bits per heavy atom. The Balaban J connectivity index is 2.94. The van der Waals surface area contributed by atoms with Gasteiger partial charge in [-0.15, -0.1) is 0 Å². The predicted octanol–water partition coefficient (Wildman–Crippen LogP) is -1.88. The van der Waals surface area contributed by atoms with E-state index >= 15 is 0 Å². The smallest absolute Gasteiger partial charge is 0.305 e. The maximum absolute atomic E-state index is 10.6. The number of amides is 1. The minimum absolute atomic E-state index is 0.414. The van der Waals surface area contributed by atoms with Crippen LogP contribution >= 0.6 is 0 Å². The van der Waals surface area contributed by atoms with E-state index in [4.69, 9.17) is 11.5 Å². The third-order valence-electron chi connectivity index (χ3n) is 1.48. The highest BCUT2D eigenvalue weighted by Crippen LogP contribution is 2.05. The summed E-state index contributed by atoms with van der Waals surface area (Å²) in [5, 5.41) is 1.63. The van der Waals surface area contributed by atoms with Gasteiger partial charge in [0.2, 0.25) is 5.70 Å². The number of carbonyl (C=O) groups is 1. The van der Waals surface area contributed by atoms with Crippen molar-refractivity contribution in [3.05, 3.63) is 23.2 Å². The van der Waals surface area contributed by atoms with Gasteiger partial charge in [-0.05, 0) is 6.92 Å². The first kappa shape index (κ1) is 6.82. The Labute approximate surface area is 58.6 Å². The average molecular weight is 140 g/mol. The summed E-state index contributed by atoms with van der Waals surface area (Å²) >= 11 is 0. The average Bonchev–Trinajstić information content (AvgIpc) is 2.14. The molecule has 0 spiro atoms. The van der Waals surface area contributed by atoms with E-state index in [-0.39, 0.29) is 0 Å². The number of carbonyl (C=O) groups excluding carboxylic acids is 1. The molecule has 1 aliphatic rings. The van der Waals surface area contributed by atoms with Crippen LogP contribution < -0.4 is 16.8 Å². The van der Waals surface area contributed by atoms with Crippen molar-refractivity contribution in [3.63, 3.8) is 0 Å². The van der Waals surface area contributed by atoms with Crippen LogP contribution in [0.25, 0.3) is 0 Å². The molecular weight excluding hydrogens is 130 g/mol. The zero-order valence-electron chi connectivity index (χ0n) is 5.72. The van der Waals surface area contributed by atoms with Gasteiger partial charge in [-0.3, -0.25) is 10.1 Å². The first-order valence-electron chi connectivity index (χ1n) is 2.94. The van der Waals surface area contributed by atoms with Crippen LogP contribution in [0.2, 0.25) is 0 Å². The summed E-state index contributed by atoms with van der Waals surface area (Å²) < 4.78 is 0. The summed E-state index contributed by atoms with van der Waals surface area (Å²) in [5.74, 6) is -0.467. The first-order valence-corrected chi connectivity index (χ1v) is 2.94. The molecule has 4 nitrogen and oxygen atoms in total. The van der Waals surface area contributed by atoms with E-state index < -0.39 is 5.91 Å². The molecule has 0 aromatic rings. The van der Waals surface area contributed by atoms with E-state index in [1.54, 1.807) is 11.5 Å². The monoisotopic (exact) mass is 140 g/mol. The summed E-state index contributed by atoms with van der Waals surface area (Å²) in [6, 6.07) is 0. The molecule has 1 heterocycles. The third-order valence-corrected chi connectivity index (χ3v) is 1.48. The van der Waals surface area contributed by atoms with Crippen molar-refractivity contribution in [1.29, 1.82) is 0 Å². The molecular formula is C6H10N3O+. The lowest BCUT2D eigenvalue weighted by Crippen LogP contribution is -2.77. The molecule has 4 heteroatoms. The van der Waals surface area contributed by atoms with E-state index in [9.17, 15) is 4.79 Å². The summed E-state index contributed by atoms with van der Waals surface area (Å²) in [7, 11) is 0. The number of hydrogen-bond acceptors (Lipinski definition) is 2. The van der Waals surface area contributed by atoms with Crippen LogP contribution in [0.1, 0.15) is 6.92 Å². The van der Waals surface area contributed by atoms with Gasteiger partial charge in [0, 0.05) is 5.57 Å². The SMILES string of the molecule is CC1=C[NH2+]C(C(N)=O)=C1N. The van der Waals surface area contributed by atoms with Gasteiger partial charge in [0.1, 0.15) is 11.9 Å². The normalized spacial score (nSPS) is 17.5. The fourth-order valence-electron chi connectivity index (χ4n) is 0.815. The van der Waals surface area contributed by atoms with Gasteiger partial charge in [0.05, 0.1) is 0 Å². The molecule has 6 N–H and O–H groups in total. The first-order chi connectivity index (χ1) is 4.63. The molecule has 0 fully saturated rings. The molecule has 0 bridgehead atoms. The highest BCUT2D eigenvalue weighted by atomic mass is 16.1. The Kier molecular flexibility index (Phi) is 1.47. The number of allylic oxidation sites excluding steroid dienone is 1. The Morgan fingerprint density at radius 2 is 2.30 bits per heavy atom. The fraction of sp³-hybridized carbons (Fsp3) is 0.167. The largest absolute Gasteiger partial charge is 0.393 e. The molecule has 0 saturated carbocycles. The zero-order chi connectivity index (χ0) is 7.72. The van der Waals surface area contributed by atoms with Gasteiger partial charge < -0.3 is 11.5 Å². The van der Waals surface area contributed by atoms with Crippen LogP contribution in [0.3, 0.4) is 0 Å². The molecule has 10 heavy (non-hydrogen) atoms. The Hall–Kier alpha value is -1.29. The predicted molar refractivity (Wildman–Crippen MR) is 36.1 cm³/mol.